The molecule has 0 spiro atoms. The van der Waals surface area contributed by atoms with Crippen molar-refractivity contribution in [1.29, 1.82) is 5.26 Å². The molecule has 0 bridgehead atoms. The maximum atomic E-state index is 13.0. The average Bonchev–Trinajstić information content (AvgIpc) is 2.19. The van der Waals surface area contributed by atoms with Gasteiger partial charge in [0.25, 0.3) is 0 Å². The van der Waals surface area contributed by atoms with Crippen LogP contribution in [0.4, 0.5) is 17.6 Å². The molecule has 0 aliphatic carbocycles. The maximum Gasteiger partial charge on any atom is 0.196 e. The molecule has 1 nitrogen and oxygen atoms in total. The zero-order valence-corrected chi connectivity index (χ0v) is 8.13. The molecule has 0 radical (unpaired) electrons. The highest BCUT2D eigenvalue weighted by Crippen LogP contribution is 2.28. The van der Waals surface area contributed by atoms with Gasteiger partial charge < -0.3 is 0 Å². The summed E-state index contributed by atoms with van der Waals surface area (Å²) in [6.45, 7) is 0. The van der Waals surface area contributed by atoms with E-state index in [1.807, 2.05) is 0 Å². The fraction of sp³-hybridized carbons (Fsp3) is 0.125. The van der Waals surface area contributed by atoms with E-state index in [1.165, 1.54) is 6.07 Å². The van der Waals surface area contributed by atoms with Gasteiger partial charge in [-0.25, -0.2) is 17.6 Å². The molecule has 14 heavy (non-hydrogen) atoms. The van der Waals surface area contributed by atoms with Gasteiger partial charge in [-0.2, -0.15) is 5.26 Å². The summed E-state index contributed by atoms with van der Waals surface area (Å²) < 4.78 is 50.5. The Balaban J connectivity index is 3.53. The summed E-state index contributed by atoms with van der Waals surface area (Å²) in [7, 11) is 0. The molecule has 1 rings (SSSR count). The largest absolute Gasteiger partial charge is 0.205 e. The van der Waals surface area contributed by atoms with Crippen molar-refractivity contribution in [3.8, 4) is 6.07 Å². The van der Waals surface area contributed by atoms with Gasteiger partial charge in [-0.1, -0.05) is 0 Å². The summed E-state index contributed by atoms with van der Waals surface area (Å²) in [5.74, 6) is -6.38. The average molecular weight is 268 g/mol. The molecule has 0 N–H and O–H groups in total. The molecular weight excluding hydrogens is 266 g/mol. The fourth-order valence-electron chi connectivity index (χ4n) is 0.885. The van der Waals surface area contributed by atoms with Crippen LogP contribution in [0.3, 0.4) is 0 Å². The van der Waals surface area contributed by atoms with Crippen molar-refractivity contribution < 1.29 is 17.6 Å². The molecule has 0 saturated carbocycles. The number of hydrogen-bond acceptors (Lipinski definition) is 1. The van der Waals surface area contributed by atoms with Gasteiger partial charge in [-0.3, -0.25) is 0 Å². The molecular formula is C8H2BrF4N. The van der Waals surface area contributed by atoms with Crippen LogP contribution in [-0.4, -0.2) is 0 Å². The molecule has 0 unspecified atom stereocenters. The quantitative estimate of drug-likeness (QED) is 0.436. The van der Waals surface area contributed by atoms with Gasteiger partial charge in [0.1, 0.15) is 5.82 Å². The topological polar surface area (TPSA) is 23.8 Å². The van der Waals surface area contributed by atoms with E-state index < -0.39 is 39.7 Å². The van der Waals surface area contributed by atoms with Gasteiger partial charge in [0.05, 0.1) is 17.0 Å². The predicted octanol–water partition coefficient (Wildman–Crippen LogP) is 3.07. The van der Waals surface area contributed by atoms with Gasteiger partial charge >= 0.3 is 0 Å². The van der Waals surface area contributed by atoms with E-state index in [0.717, 1.165) is 0 Å². The van der Waals surface area contributed by atoms with Crippen LogP contribution in [0, 0.1) is 34.6 Å². The summed E-state index contributed by atoms with van der Waals surface area (Å²) in [5.41, 5.74) is -0.779. The molecule has 0 aromatic heterocycles. The van der Waals surface area contributed by atoms with Crippen molar-refractivity contribution in [3.63, 3.8) is 0 Å². The molecule has 0 aliphatic heterocycles. The highest BCUT2D eigenvalue weighted by molar-refractivity contribution is 9.10. The maximum absolute atomic E-state index is 13.0. The Kier molecular flexibility index (Phi) is 3.11. The molecule has 0 heterocycles. The predicted molar refractivity (Wildman–Crippen MR) is 43.3 cm³/mol. The number of nitrogens with zero attached hydrogens (tertiary/aromatic N) is 1. The van der Waals surface area contributed by atoms with Gasteiger partial charge in [-0.15, -0.1) is 0 Å². The number of benzene rings is 1. The second-order valence-electron chi connectivity index (χ2n) is 2.38. The number of nitriles is 1. The van der Waals surface area contributed by atoms with E-state index >= 15 is 0 Å². The second-order valence-corrected chi connectivity index (χ2v) is 3.18. The van der Waals surface area contributed by atoms with Gasteiger partial charge in [0, 0.05) is 5.56 Å². The third-order valence-corrected chi connectivity index (χ3v) is 2.25. The number of hydrogen-bond donors (Lipinski definition) is 0. The zero-order chi connectivity index (χ0) is 10.9. The first-order chi connectivity index (χ1) is 6.50. The summed E-state index contributed by atoms with van der Waals surface area (Å²) >= 11 is 2.42. The van der Waals surface area contributed by atoms with Gasteiger partial charge in [0.15, 0.2) is 17.5 Å². The monoisotopic (exact) mass is 267 g/mol. The number of halogens is 5. The Morgan fingerprint density at radius 2 is 1.57 bits per heavy atom. The summed E-state index contributed by atoms with van der Waals surface area (Å²) in [4.78, 5) is 0. The molecule has 0 saturated heterocycles. The molecule has 0 amide bonds. The minimum Gasteiger partial charge on any atom is -0.205 e. The van der Waals surface area contributed by atoms with E-state index in [1.54, 1.807) is 0 Å². The lowest BCUT2D eigenvalue weighted by molar-refractivity contribution is 0.422. The van der Waals surface area contributed by atoms with Gasteiger partial charge in [-0.05, 0) is 15.9 Å². The summed E-state index contributed by atoms with van der Waals surface area (Å²) in [5, 5.41) is 8.20. The van der Waals surface area contributed by atoms with Crippen LogP contribution in [0.25, 0.3) is 0 Å². The van der Waals surface area contributed by atoms with Crippen molar-refractivity contribution in [2.75, 3.05) is 0 Å². The van der Waals surface area contributed by atoms with E-state index in [9.17, 15) is 17.6 Å². The van der Waals surface area contributed by atoms with E-state index in [4.69, 9.17) is 5.26 Å². The highest BCUT2D eigenvalue weighted by Gasteiger charge is 2.23. The van der Waals surface area contributed by atoms with E-state index in [2.05, 4.69) is 15.9 Å². The Morgan fingerprint density at radius 1 is 1.00 bits per heavy atom. The van der Waals surface area contributed by atoms with Gasteiger partial charge in [0.2, 0.25) is 0 Å². The molecule has 1 aromatic rings. The fourth-order valence-corrected chi connectivity index (χ4v) is 1.30. The Labute approximate surface area is 85.1 Å². The van der Waals surface area contributed by atoms with E-state index in [-0.39, 0.29) is 0 Å². The number of rotatable bonds is 1. The molecule has 0 aliphatic rings. The van der Waals surface area contributed by atoms with E-state index in [0.29, 0.717) is 0 Å². The Hall–Kier alpha value is -1.09. The first-order valence-corrected chi connectivity index (χ1v) is 4.17. The van der Waals surface area contributed by atoms with Crippen LogP contribution >= 0.6 is 15.9 Å². The first-order valence-electron chi connectivity index (χ1n) is 3.38. The SMILES string of the molecule is N#CCc1c(F)c(F)c(F)c(Br)c1F. The lowest BCUT2D eigenvalue weighted by atomic mass is 10.1. The summed E-state index contributed by atoms with van der Waals surface area (Å²) in [6.07, 6.45) is -0.659. The van der Waals surface area contributed by atoms with Crippen LogP contribution in [0.1, 0.15) is 5.56 Å². The second kappa shape index (κ2) is 3.96. The van der Waals surface area contributed by atoms with Crippen LogP contribution in [-0.2, 0) is 6.42 Å². The molecule has 74 valence electrons. The standard InChI is InChI=1S/C8H2BrF4N/c9-4-5(10)3(1-2-14)6(11)8(13)7(4)12/h1H2. The van der Waals surface area contributed by atoms with Crippen molar-refractivity contribution >= 4 is 15.9 Å². The third kappa shape index (κ3) is 1.60. The highest BCUT2D eigenvalue weighted by atomic mass is 79.9. The van der Waals surface area contributed by atoms with Crippen molar-refractivity contribution in [3.05, 3.63) is 33.3 Å². The first kappa shape index (κ1) is 11.0. The van der Waals surface area contributed by atoms with Crippen LogP contribution in [0.2, 0.25) is 0 Å². The van der Waals surface area contributed by atoms with Crippen molar-refractivity contribution in [1.82, 2.24) is 0 Å². The molecule has 0 fully saturated rings. The summed E-state index contributed by atoms with van der Waals surface area (Å²) in [6, 6.07) is 1.45. The minimum atomic E-state index is -1.79. The molecule has 6 heteroatoms. The van der Waals surface area contributed by atoms with Crippen LogP contribution < -0.4 is 0 Å². The molecule has 0 atom stereocenters. The Bertz CT molecular complexity index is 395. The molecule has 1 aromatic carbocycles. The van der Waals surface area contributed by atoms with Crippen molar-refractivity contribution in [2.24, 2.45) is 0 Å². The minimum absolute atomic E-state index is 0.659. The van der Waals surface area contributed by atoms with Crippen LogP contribution in [0.15, 0.2) is 4.47 Å². The normalized spacial score (nSPS) is 10.0. The van der Waals surface area contributed by atoms with Crippen molar-refractivity contribution in [2.45, 2.75) is 6.42 Å². The lowest BCUT2D eigenvalue weighted by Crippen LogP contribution is -2.03. The Morgan fingerprint density at radius 3 is 2.07 bits per heavy atom. The third-order valence-electron chi connectivity index (χ3n) is 1.56. The smallest absolute Gasteiger partial charge is 0.196 e. The zero-order valence-electron chi connectivity index (χ0n) is 6.54. The lowest BCUT2D eigenvalue weighted by Gasteiger charge is -2.05. The van der Waals surface area contributed by atoms with Crippen LogP contribution in [0.5, 0.6) is 0 Å².